The van der Waals surface area contributed by atoms with Gasteiger partial charge in [0.05, 0.1) is 17.8 Å². The summed E-state index contributed by atoms with van der Waals surface area (Å²) in [4.78, 5) is 20.3. The Morgan fingerprint density at radius 3 is 2.84 bits per heavy atom. The lowest BCUT2D eigenvalue weighted by Crippen LogP contribution is -2.07. The van der Waals surface area contributed by atoms with Crippen molar-refractivity contribution in [1.29, 1.82) is 0 Å². The Morgan fingerprint density at radius 1 is 1.42 bits per heavy atom. The van der Waals surface area contributed by atoms with E-state index in [1.165, 1.54) is 6.20 Å². The van der Waals surface area contributed by atoms with Gasteiger partial charge in [0, 0.05) is 29.3 Å². The third-order valence-corrected chi connectivity index (χ3v) is 3.66. The van der Waals surface area contributed by atoms with Gasteiger partial charge in [0.15, 0.2) is 0 Å². The highest BCUT2D eigenvalue weighted by molar-refractivity contribution is 7.09. The molecule has 2 aromatic heterocycles. The summed E-state index contributed by atoms with van der Waals surface area (Å²) in [5, 5.41) is 9.06. The maximum atomic E-state index is 11.1. The van der Waals surface area contributed by atoms with Gasteiger partial charge in [-0.05, 0) is 13.8 Å². The smallest absolute Gasteiger partial charge is 0.341 e. The van der Waals surface area contributed by atoms with Crippen LogP contribution >= 0.6 is 11.3 Å². The number of carbonyl (C=O) groups is 1. The monoisotopic (exact) mass is 278 g/mol. The van der Waals surface area contributed by atoms with Crippen molar-refractivity contribution in [2.24, 2.45) is 0 Å². The summed E-state index contributed by atoms with van der Waals surface area (Å²) < 4.78 is 5.57. The summed E-state index contributed by atoms with van der Waals surface area (Å²) in [6.07, 6.45) is 2.04. The first-order valence-corrected chi connectivity index (χ1v) is 6.67. The van der Waals surface area contributed by atoms with Gasteiger partial charge in [-0.1, -0.05) is 0 Å². The molecule has 0 aliphatic carbocycles. The van der Waals surface area contributed by atoms with E-state index in [0.717, 1.165) is 22.7 Å². The molecule has 0 aliphatic rings. The molecule has 100 valence electrons. The summed E-state index contributed by atoms with van der Waals surface area (Å²) in [7, 11) is 0. The Balaban J connectivity index is 2.05. The molecular weight excluding hydrogens is 264 g/mol. The molecule has 0 saturated heterocycles. The van der Waals surface area contributed by atoms with Crippen LogP contribution in [-0.2, 0) is 6.42 Å². The van der Waals surface area contributed by atoms with Crippen molar-refractivity contribution >= 4 is 17.3 Å². The molecular formula is C13H14N2O3S. The minimum absolute atomic E-state index is 0.0895. The zero-order valence-corrected chi connectivity index (χ0v) is 11.5. The zero-order chi connectivity index (χ0) is 13.8. The van der Waals surface area contributed by atoms with Gasteiger partial charge in [-0.2, -0.15) is 0 Å². The molecule has 0 spiro atoms. The van der Waals surface area contributed by atoms with Crippen molar-refractivity contribution < 1.29 is 14.6 Å². The lowest BCUT2D eigenvalue weighted by Gasteiger charge is -2.09. The number of pyridine rings is 1. The molecule has 0 unspecified atom stereocenters. The fraction of sp³-hybridized carbons (Fsp3) is 0.308. The van der Waals surface area contributed by atoms with Crippen LogP contribution in [0.5, 0.6) is 5.75 Å². The molecule has 6 heteroatoms. The van der Waals surface area contributed by atoms with Gasteiger partial charge in [-0.25, -0.2) is 9.78 Å². The van der Waals surface area contributed by atoms with Crippen molar-refractivity contribution in [2.45, 2.75) is 20.3 Å². The van der Waals surface area contributed by atoms with Crippen molar-refractivity contribution in [3.05, 3.63) is 39.6 Å². The Morgan fingerprint density at radius 2 is 2.21 bits per heavy atom. The molecule has 2 rings (SSSR count). The first-order valence-electron chi connectivity index (χ1n) is 5.79. The van der Waals surface area contributed by atoms with E-state index in [4.69, 9.17) is 9.84 Å². The van der Waals surface area contributed by atoms with Crippen molar-refractivity contribution in [3.63, 3.8) is 0 Å². The maximum absolute atomic E-state index is 11.1. The molecule has 2 heterocycles. The number of ether oxygens (including phenoxy) is 1. The second-order valence-corrected chi connectivity index (χ2v) is 5.03. The molecule has 0 bridgehead atoms. The fourth-order valence-electron chi connectivity index (χ4n) is 1.63. The summed E-state index contributed by atoms with van der Waals surface area (Å²) in [5.41, 5.74) is 3.61. The number of aromatic nitrogens is 2. The van der Waals surface area contributed by atoms with E-state index >= 15 is 0 Å². The predicted octanol–water partition coefficient (Wildman–Crippen LogP) is 2.47. The molecule has 0 aromatic carbocycles. The maximum Gasteiger partial charge on any atom is 0.341 e. The molecule has 0 fully saturated rings. The highest BCUT2D eigenvalue weighted by Gasteiger charge is 2.12. The van der Waals surface area contributed by atoms with Gasteiger partial charge in [-0.15, -0.1) is 11.3 Å². The summed E-state index contributed by atoms with van der Waals surface area (Å²) in [6, 6.07) is 1.64. The minimum Gasteiger partial charge on any atom is -0.492 e. The zero-order valence-electron chi connectivity index (χ0n) is 10.7. The number of aryl methyl sites for hydroxylation is 2. The first kappa shape index (κ1) is 13.5. The molecule has 0 saturated carbocycles. The third-order valence-electron chi connectivity index (χ3n) is 2.66. The highest BCUT2D eigenvalue weighted by Crippen LogP contribution is 2.20. The summed E-state index contributed by atoms with van der Waals surface area (Å²) in [5.74, 6) is -0.668. The third kappa shape index (κ3) is 3.29. The van der Waals surface area contributed by atoms with Crippen LogP contribution in [0, 0.1) is 13.8 Å². The fourth-order valence-corrected chi connectivity index (χ4v) is 2.40. The molecule has 0 radical (unpaired) electrons. The number of carboxylic acid groups (broad SMARTS) is 1. The van der Waals surface area contributed by atoms with Gasteiger partial charge >= 0.3 is 5.97 Å². The van der Waals surface area contributed by atoms with Crippen LogP contribution in [0.25, 0.3) is 0 Å². The molecule has 5 nitrogen and oxygen atoms in total. The normalized spacial score (nSPS) is 10.4. The lowest BCUT2D eigenvalue weighted by atomic mass is 10.2. The average Bonchev–Trinajstić information content (AvgIpc) is 2.75. The molecule has 19 heavy (non-hydrogen) atoms. The Labute approximate surface area is 114 Å². The van der Waals surface area contributed by atoms with E-state index < -0.39 is 5.97 Å². The van der Waals surface area contributed by atoms with E-state index in [1.807, 2.05) is 6.92 Å². The second kappa shape index (κ2) is 5.79. The Kier molecular flexibility index (Phi) is 4.11. The van der Waals surface area contributed by atoms with E-state index in [1.54, 1.807) is 29.8 Å². The quantitative estimate of drug-likeness (QED) is 0.909. The topological polar surface area (TPSA) is 72.3 Å². The summed E-state index contributed by atoms with van der Waals surface area (Å²) >= 11 is 1.58. The number of rotatable bonds is 5. The highest BCUT2D eigenvalue weighted by atomic mass is 32.1. The van der Waals surface area contributed by atoms with Crippen LogP contribution in [0.3, 0.4) is 0 Å². The van der Waals surface area contributed by atoms with E-state index in [9.17, 15) is 4.79 Å². The average molecular weight is 278 g/mol. The molecule has 0 aliphatic heterocycles. The molecule has 0 atom stereocenters. The second-order valence-electron chi connectivity index (χ2n) is 4.09. The number of thiazole rings is 1. The van der Waals surface area contributed by atoms with Crippen LogP contribution < -0.4 is 4.74 Å². The van der Waals surface area contributed by atoms with Gasteiger partial charge in [0.1, 0.15) is 11.3 Å². The lowest BCUT2D eigenvalue weighted by molar-refractivity contribution is 0.0692. The molecule has 1 N–H and O–H groups in total. The largest absolute Gasteiger partial charge is 0.492 e. The first-order chi connectivity index (χ1) is 9.08. The van der Waals surface area contributed by atoms with Crippen LogP contribution in [0.4, 0.5) is 0 Å². The van der Waals surface area contributed by atoms with Crippen LogP contribution in [0.2, 0.25) is 0 Å². The predicted molar refractivity (Wildman–Crippen MR) is 72.0 cm³/mol. The van der Waals surface area contributed by atoms with E-state index in [-0.39, 0.29) is 5.56 Å². The number of carboxylic acids is 1. The van der Waals surface area contributed by atoms with Crippen molar-refractivity contribution in [1.82, 2.24) is 9.97 Å². The summed E-state index contributed by atoms with van der Waals surface area (Å²) in [6.45, 7) is 4.17. The number of hydrogen-bond acceptors (Lipinski definition) is 5. The molecule has 0 amide bonds. The number of hydrogen-bond donors (Lipinski definition) is 1. The van der Waals surface area contributed by atoms with Gasteiger partial charge in [0.25, 0.3) is 0 Å². The van der Waals surface area contributed by atoms with Crippen LogP contribution in [0.1, 0.15) is 26.6 Å². The van der Waals surface area contributed by atoms with Crippen molar-refractivity contribution in [2.75, 3.05) is 6.61 Å². The Bertz CT molecular complexity index is 595. The van der Waals surface area contributed by atoms with Gasteiger partial charge < -0.3 is 9.84 Å². The van der Waals surface area contributed by atoms with Crippen LogP contribution in [0.15, 0.2) is 17.8 Å². The number of nitrogens with zero attached hydrogens (tertiary/aromatic N) is 2. The van der Waals surface area contributed by atoms with Gasteiger partial charge in [-0.3, -0.25) is 4.98 Å². The van der Waals surface area contributed by atoms with Gasteiger partial charge in [0.2, 0.25) is 0 Å². The Hall–Kier alpha value is -1.95. The molecule has 2 aromatic rings. The standard InChI is InChI=1S/C13H14N2O3S/c1-8-5-11(10(6-14-8)13(16)17)18-4-3-12-9(2)15-7-19-12/h5-7H,3-4H2,1-2H3,(H,16,17). The van der Waals surface area contributed by atoms with E-state index in [0.29, 0.717) is 12.4 Å². The number of aromatic carboxylic acids is 1. The SMILES string of the molecule is Cc1cc(OCCc2scnc2C)c(C(=O)O)cn1. The van der Waals surface area contributed by atoms with E-state index in [2.05, 4.69) is 9.97 Å². The van der Waals surface area contributed by atoms with Crippen molar-refractivity contribution in [3.8, 4) is 5.75 Å². The minimum atomic E-state index is -1.03. The van der Waals surface area contributed by atoms with Crippen LogP contribution in [-0.4, -0.2) is 27.7 Å².